The van der Waals surface area contributed by atoms with Gasteiger partial charge < -0.3 is 10.6 Å². The highest BCUT2D eigenvalue weighted by atomic mass is 19.1. The van der Waals surface area contributed by atoms with Crippen molar-refractivity contribution in [2.45, 2.75) is 0 Å². The van der Waals surface area contributed by atoms with Crippen molar-refractivity contribution in [3.63, 3.8) is 0 Å². The highest BCUT2D eigenvalue weighted by Gasteiger charge is 2.32. The lowest BCUT2D eigenvalue weighted by Gasteiger charge is -1.94. The molecule has 76 valence electrons. The van der Waals surface area contributed by atoms with E-state index in [1.807, 2.05) is 0 Å². The van der Waals surface area contributed by atoms with Gasteiger partial charge in [0.15, 0.2) is 0 Å². The highest BCUT2D eigenvalue weighted by molar-refractivity contribution is 6.65. The second kappa shape index (κ2) is 4.21. The maximum absolute atomic E-state index is 12.9. The van der Waals surface area contributed by atoms with E-state index in [-0.39, 0.29) is 0 Å². The minimum Gasteiger partial charge on any atom is -0.472 e. The number of aliphatic carboxylic acids is 1. The number of halogens is 1. The normalized spacial score (nSPS) is 9.13. The number of nitrogens with zero attached hydrogens (tertiary/aromatic N) is 3. The van der Waals surface area contributed by atoms with Crippen molar-refractivity contribution in [3.05, 3.63) is 35.4 Å². The molecule has 1 aromatic heterocycles. The molecule has 0 fully saturated rings. The number of ketones is 1. The zero-order valence-corrected chi connectivity index (χ0v) is 7.22. The molecule has 1 aromatic rings. The molecule has 0 saturated carbocycles. The zero-order chi connectivity index (χ0) is 11.4. The van der Waals surface area contributed by atoms with Gasteiger partial charge in [-0.2, -0.15) is 9.18 Å². The van der Waals surface area contributed by atoms with Crippen LogP contribution in [0.5, 0.6) is 0 Å². The Labute approximate surface area is 82.6 Å². The lowest BCUT2D eigenvalue weighted by atomic mass is 10.1. The summed E-state index contributed by atoms with van der Waals surface area (Å²) in [5, 5.41) is 8.44. The van der Waals surface area contributed by atoms with Crippen LogP contribution in [0.25, 0.3) is 5.53 Å². The Kier molecular flexibility index (Phi) is 3.00. The van der Waals surface area contributed by atoms with Gasteiger partial charge in [-0.1, -0.05) is 0 Å². The van der Waals surface area contributed by atoms with Crippen LogP contribution in [0.2, 0.25) is 0 Å². The lowest BCUT2D eigenvalue weighted by molar-refractivity contribution is -0.133. The van der Waals surface area contributed by atoms with Crippen molar-refractivity contribution in [2.24, 2.45) is 0 Å². The number of carbonyl (C=O) groups excluding carboxylic acids is 1. The number of hydrogen-bond donors (Lipinski definition) is 1. The van der Waals surface area contributed by atoms with E-state index < -0.39 is 29.0 Å². The molecular weight excluding hydrogens is 205 g/mol. The van der Waals surface area contributed by atoms with E-state index in [4.69, 9.17) is 10.6 Å². The van der Waals surface area contributed by atoms with Crippen LogP contribution in [0, 0.1) is 5.95 Å². The summed E-state index contributed by atoms with van der Waals surface area (Å²) in [6, 6.07) is 2.30. The molecule has 7 heteroatoms. The van der Waals surface area contributed by atoms with Gasteiger partial charge in [0, 0.05) is 6.20 Å². The standard InChI is InChI=1S/C8H4FN3O3/c9-7-4(2-1-3-11-7)6(13)5(12-10)8(14)15/h1-3H,(H,14,15). The van der Waals surface area contributed by atoms with Crippen LogP contribution in [0.1, 0.15) is 10.4 Å². The number of carbonyl (C=O) groups is 2. The molecule has 1 heterocycles. The van der Waals surface area contributed by atoms with Gasteiger partial charge in [0.25, 0.3) is 5.78 Å². The van der Waals surface area contributed by atoms with Crippen molar-refractivity contribution in [1.82, 2.24) is 4.98 Å². The van der Waals surface area contributed by atoms with Gasteiger partial charge in [0.05, 0.1) is 5.56 Å². The summed E-state index contributed by atoms with van der Waals surface area (Å²) in [6.07, 6.45) is 1.10. The Hall–Kier alpha value is -2.40. The Balaban J connectivity index is 3.22. The fraction of sp³-hybridized carbons (Fsp3) is 0. The van der Waals surface area contributed by atoms with Crippen LogP contribution in [0.3, 0.4) is 0 Å². The van der Waals surface area contributed by atoms with Gasteiger partial charge in [0.2, 0.25) is 5.95 Å². The molecule has 0 unspecified atom stereocenters. The van der Waals surface area contributed by atoms with Gasteiger partial charge in [-0.3, -0.25) is 4.79 Å². The monoisotopic (exact) mass is 209 g/mol. The van der Waals surface area contributed by atoms with Crippen LogP contribution in [-0.4, -0.2) is 32.3 Å². The van der Waals surface area contributed by atoms with E-state index in [0.29, 0.717) is 0 Å². The lowest BCUT2D eigenvalue weighted by Crippen LogP contribution is -2.26. The van der Waals surface area contributed by atoms with E-state index in [1.165, 1.54) is 6.07 Å². The third-order valence-electron chi connectivity index (χ3n) is 1.52. The first-order chi connectivity index (χ1) is 7.07. The number of hydrogen-bond acceptors (Lipinski definition) is 3. The van der Waals surface area contributed by atoms with Crippen molar-refractivity contribution in [2.75, 3.05) is 0 Å². The van der Waals surface area contributed by atoms with Crippen LogP contribution in [-0.2, 0) is 4.79 Å². The average molecular weight is 209 g/mol. The molecule has 0 spiro atoms. The first-order valence-corrected chi connectivity index (χ1v) is 3.68. The molecular formula is C8H4FN3O3. The predicted octanol–water partition coefficient (Wildman–Crippen LogP) is 0.159. The minimum atomic E-state index is -1.74. The second-order valence-corrected chi connectivity index (χ2v) is 2.42. The number of carboxylic acids is 1. The third kappa shape index (κ3) is 2.09. The quantitative estimate of drug-likeness (QED) is 0.191. The Morgan fingerprint density at radius 2 is 2.20 bits per heavy atom. The Morgan fingerprint density at radius 3 is 2.67 bits per heavy atom. The van der Waals surface area contributed by atoms with Gasteiger partial charge in [-0.05, 0) is 12.1 Å². The van der Waals surface area contributed by atoms with Crippen molar-refractivity contribution >= 4 is 17.5 Å². The number of pyridine rings is 1. The summed E-state index contributed by atoms with van der Waals surface area (Å²) in [7, 11) is 0. The largest absolute Gasteiger partial charge is 0.472 e. The number of rotatable bonds is 3. The summed E-state index contributed by atoms with van der Waals surface area (Å²) in [4.78, 5) is 27.1. The smallest absolute Gasteiger partial charge is 0.446 e. The van der Waals surface area contributed by atoms with Crippen molar-refractivity contribution < 1.29 is 23.9 Å². The molecule has 0 aliphatic carbocycles. The third-order valence-corrected chi connectivity index (χ3v) is 1.52. The van der Waals surface area contributed by atoms with Crippen LogP contribution >= 0.6 is 0 Å². The molecule has 0 radical (unpaired) electrons. The SMILES string of the molecule is [N-]=[N+]=C(C(=O)O)C(=O)c1cccnc1F. The zero-order valence-electron chi connectivity index (χ0n) is 7.22. The number of aromatic nitrogens is 1. The molecule has 0 aliphatic rings. The van der Waals surface area contributed by atoms with Crippen LogP contribution in [0.4, 0.5) is 4.39 Å². The van der Waals surface area contributed by atoms with Gasteiger partial charge in [-0.25, -0.2) is 9.78 Å². The molecule has 6 nitrogen and oxygen atoms in total. The van der Waals surface area contributed by atoms with Crippen LogP contribution < -0.4 is 0 Å². The maximum Gasteiger partial charge on any atom is 0.446 e. The first-order valence-electron chi connectivity index (χ1n) is 3.68. The minimum absolute atomic E-state index is 0.562. The topological polar surface area (TPSA) is 104 Å². The Morgan fingerprint density at radius 1 is 1.53 bits per heavy atom. The molecule has 0 saturated heterocycles. The molecule has 1 rings (SSSR count). The van der Waals surface area contributed by atoms with Crippen molar-refractivity contribution in [3.8, 4) is 0 Å². The van der Waals surface area contributed by atoms with E-state index in [2.05, 4.69) is 9.77 Å². The van der Waals surface area contributed by atoms with E-state index in [0.717, 1.165) is 12.3 Å². The summed E-state index contributed by atoms with van der Waals surface area (Å²) in [5.41, 5.74) is 6.54. The summed E-state index contributed by atoms with van der Waals surface area (Å²) in [5.74, 6) is -4.11. The highest BCUT2D eigenvalue weighted by Crippen LogP contribution is 2.04. The van der Waals surface area contributed by atoms with Crippen molar-refractivity contribution in [1.29, 1.82) is 0 Å². The van der Waals surface area contributed by atoms with E-state index in [1.54, 1.807) is 0 Å². The van der Waals surface area contributed by atoms with Gasteiger partial charge in [0.1, 0.15) is 0 Å². The molecule has 0 aliphatic heterocycles. The number of carboxylic acid groups (broad SMARTS) is 1. The second-order valence-electron chi connectivity index (χ2n) is 2.42. The molecule has 0 bridgehead atoms. The molecule has 1 N–H and O–H groups in total. The maximum atomic E-state index is 12.9. The van der Waals surface area contributed by atoms with Gasteiger partial charge >= 0.3 is 11.7 Å². The molecule has 15 heavy (non-hydrogen) atoms. The van der Waals surface area contributed by atoms with Gasteiger partial charge in [-0.15, -0.1) is 0 Å². The summed E-state index contributed by atoms with van der Waals surface area (Å²) >= 11 is 0. The summed E-state index contributed by atoms with van der Waals surface area (Å²) < 4.78 is 12.9. The Bertz CT molecular complexity index is 480. The fourth-order valence-corrected chi connectivity index (χ4v) is 0.868. The molecule has 0 aromatic carbocycles. The fourth-order valence-electron chi connectivity index (χ4n) is 0.868. The van der Waals surface area contributed by atoms with E-state index in [9.17, 15) is 14.0 Å². The summed E-state index contributed by atoms with van der Waals surface area (Å²) in [6.45, 7) is 0. The van der Waals surface area contributed by atoms with E-state index >= 15 is 0 Å². The molecule has 0 atom stereocenters. The first kappa shape index (κ1) is 10.7. The number of Topliss-reactive ketones (excluding diaryl/α,β-unsaturated/α-hetero) is 1. The predicted molar refractivity (Wildman–Crippen MR) is 44.8 cm³/mol. The average Bonchev–Trinajstić information content (AvgIpc) is 2.18. The molecule has 0 amide bonds. The van der Waals surface area contributed by atoms with Crippen LogP contribution in [0.15, 0.2) is 18.3 Å².